The third kappa shape index (κ3) is 4.18. The fourth-order valence-corrected chi connectivity index (χ4v) is 8.14. The molecule has 3 aromatic carbocycles. The van der Waals surface area contributed by atoms with Crippen LogP contribution in [0.25, 0.3) is 33.6 Å². The fraction of sp³-hybridized carbons (Fsp3) is 0.200. The van der Waals surface area contributed by atoms with Gasteiger partial charge >= 0.3 is 24.7 Å². The van der Waals surface area contributed by atoms with E-state index in [4.69, 9.17) is 0 Å². The van der Waals surface area contributed by atoms with Crippen LogP contribution >= 0.6 is 0 Å². The molecule has 0 N–H and O–H groups in total. The summed E-state index contributed by atoms with van der Waals surface area (Å²) < 4.78 is 180. The van der Waals surface area contributed by atoms with E-state index < -0.39 is 81.3 Å². The highest BCUT2D eigenvalue weighted by molar-refractivity contribution is 5.80. The van der Waals surface area contributed by atoms with Crippen molar-refractivity contribution in [3.8, 4) is 33.6 Å². The average molecular weight is 695 g/mol. The van der Waals surface area contributed by atoms with Gasteiger partial charge in [0.25, 0.3) is 5.54 Å². The SMILES string of the molecule is FC(F)(F)c1c2c(c(C(F)(F)F)c(C(F)(F)F)c1C(F)(F)F)C1C([n+]3ccccc3-2)C12c1ccccc1-c1ccc(-c3ccccc3)c[n+]12. The second-order valence-electron chi connectivity index (χ2n) is 12.1. The zero-order valence-electron chi connectivity index (χ0n) is 24.3. The summed E-state index contributed by atoms with van der Waals surface area (Å²) in [5, 5.41) is 0. The van der Waals surface area contributed by atoms with Gasteiger partial charge in [-0.25, -0.2) is 0 Å². The Morgan fingerprint density at radius 2 is 1.08 bits per heavy atom. The standard InChI is InChI=1S/C35H18F12N2/c36-32(37,38)25-23-22-12-6-7-15-48(22)30-27(24(23)26(33(39,40)41)29(35(45,46)47)28(25)34(42,43)44)31(30)20-11-5-4-10-19(20)21-14-13-18(16-49(21)31)17-8-2-1-3-9-17/h1-16,27,30H/q+2. The van der Waals surface area contributed by atoms with Crippen molar-refractivity contribution in [2.45, 2.75) is 42.2 Å². The quantitative estimate of drug-likeness (QED) is 0.122. The van der Waals surface area contributed by atoms with Gasteiger partial charge in [-0.3, -0.25) is 0 Å². The van der Waals surface area contributed by atoms with E-state index in [1.807, 2.05) is 0 Å². The maximum absolute atomic E-state index is 15.1. The molecule has 0 amide bonds. The van der Waals surface area contributed by atoms with E-state index in [1.54, 1.807) is 65.4 Å². The summed E-state index contributed by atoms with van der Waals surface area (Å²) in [6.45, 7) is 0. The van der Waals surface area contributed by atoms with Crippen LogP contribution in [-0.2, 0) is 30.2 Å². The molecule has 0 radical (unpaired) electrons. The number of rotatable bonds is 1. The molecular weight excluding hydrogens is 676 g/mol. The number of fused-ring (bicyclic) bond motifs is 13. The zero-order valence-corrected chi connectivity index (χ0v) is 24.3. The van der Waals surface area contributed by atoms with Gasteiger partial charge in [0, 0.05) is 29.3 Å². The molecule has 3 atom stereocenters. The summed E-state index contributed by atoms with van der Waals surface area (Å²) in [7, 11) is 0. The summed E-state index contributed by atoms with van der Waals surface area (Å²) in [5.41, 5.74) is -15.6. The van der Waals surface area contributed by atoms with E-state index in [1.165, 1.54) is 24.4 Å². The first-order chi connectivity index (χ1) is 22.9. The Hall–Kier alpha value is -4.88. The van der Waals surface area contributed by atoms with Crippen LogP contribution in [0.5, 0.6) is 0 Å². The van der Waals surface area contributed by atoms with Crippen molar-refractivity contribution >= 4 is 0 Å². The molecule has 14 heteroatoms. The topological polar surface area (TPSA) is 7.76 Å². The van der Waals surface area contributed by atoms with Crippen LogP contribution < -0.4 is 9.13 Å². The number of aromatic nitrogens is 2. The van der Waals surface area contributed by atoms with Crippen molar-refractivity contribution < 1.29 is 61.8 Å². The maximum atomic E-state index is 15.1. The summed E-state index contributed by atoms with van der Waals surface area (Å²) in [4.78, 5) is 0. The number of nitrogens with zero attached hydrogens (tertiary/aromatic N) is 2. The number of hydrogen-bond donors (Lipinski definition) is 0. The van der Waals surface area contributed by atoms with Crippen LogP contribution in [-0.4, -0.2) is 0 Å². The molecule has 1 saturated carbocycles. The molecule has 0 bridgehead atoms. The van der Waals surface area contributed by atoms with Gasteiger partial charge < -0.3 is 0 Å². The van der Waals surface area contributed by atoms with Gasteiger partial charge in [0.15, 0.2) is 12.4 Å². The molecule has 2 aliphatic heterocycles. The molecule has 5 aromatic rings. The molecule has 1 fully saturated rings. The van der Waals surface area contributed by atoms with E-state index in [-0.39, 0.29) is 0 Å². The van der Waals surface area contributed by atoms with E-state index >= 15 is 13.2 Å². The molecule has 1 spiro atoms. The predicted molar refractivity (Wildman–Crippen MR) is 148 cm³/mol. The lowest BCUT2D eigenvalue weighted by Crippen LogP contribution is -2.51. The summed E-state index contributed by atoms with van der Waals surface area (Å²) in [6, 6.07) is 20.4. The Morgan fingerprint density at radius 3 is 1.71 bits per heavy atom. The highest BCUT2D eigenvalue weighted by Gasteiger charge is 2.87. The number of hydrogen-bond acceptors (Lipinski definition) is 0. The van der Waals surface area contributed by atoms with Crippen molar-refractivity contribution in [3.05, 3.63) is 131 Å². The lowest BCUT2D eigenvalue weighted by Gasteiger charge is -2.30. The molecule has 49 heavy (non-hydrogen) atoms. The minimum Gasteiger partial charge on any atom is -0.187 e. The zero-order chi connectivity index (χ0) is 35.1. The minimum atomic E-state index is -6.48. The van der Waals surface area contributed by atoms with Crippen molar-refractivity contribution in [3.63, 3.8) is 0 Å². The van der Waals surface area contributed by atoms with Crippen LogP contribution in [0, 0.1) is 0 Å². The lowest BCUT2D eigenvalue weighted by atomic mass is 9.79. The molecule has 1 aliphatic carbocycles. The lowest BCUT2D eigenvalue weighted by molar-refractivity contribution is -0.771. The monoisotopic (exact) mass is 694 g/mol. The van der Waals surface area contributed by atoms with Crippen molar-refractivity contribution in [1.29, 1.82) is 0 Å². The Morgan fingerprint density at radius 1 is 0.510 bits per heavy atom. The summed E-state index contributed by atoms with van der Waals surface area (Å²) in [5.74, 6) is -1.80. The van der Waals surface area contributed by atoms with Gasteiger partial charge in [-0.2, -0.15) is 61.8 Å². The molecule has 2 aromatic heterocycles. The molecule has 250 valence electrons. The third-order valence-corrected chi connectivity index (χ3v) is 9.65. The molecule has 3 aliphatic rings. The van der Waals surface area contributed by atoms with Crippen molar-refractivity contribution in [2.75, 3.05) is 0 Å². The number of benzene rings is 3. The van der Waals surface area contributed by atoms with Gasteiger partial charge in [0.05, 0.1) is 33.4 Å². The molecule has 8 rings (SSSR count). The number of alkyl halides is 12. The number of pyridine rings is 2. The molecule has 3 unspecified atom stereocenters. The Kier molecular flexibility index (Phi) is 6.17. The average Bonchev–Trinajstić information content (AvgIpc) is 3.64. The van der Waals surface area contributed by atoms with Crippen LogP contribution in [0.15, 0.2) is 97.3 Å². The Labute approximate surface area is 268 Å². The molecule has 0 saturated heterocycles. The van der Waals surface area contributed by atoms with Crippen molar-refractivity contribution in [2.24, 2.45) is 0 Å². The van der Waals surface area contributed by atoms with Crippen LogP contribution in [0.3, 0.4) is 0 Å². The van der Waals surface area contributed by atoms with Crippen LogP contribution in [0.2, 0.25) is 0 Å². The van der Waals surface area contributed by atoms with Crippen molar-refractivity contribution in [1.82, 2.24) is 0 Å². The van der Waals surface area contributed by atoms with E-state index in [0.29, 0.717) is 27.9 Å². The third-order valence-electron chi connectivity index (χ3n) is 9.65. The fourth-order valence-electron chi connectivity index (χ4n) is 8.14. The second-order valence-corrected chi connectivity index (χ2v) is 12.1. The summed E-state index contributed by atoms with van der Waals surface area (Å²) >= 11 is 0. The normalized spacial score (nSPS) is 20.7. The minimum absolute atomic E-state index is 0.306. The maximum Gasteiger partial charge on any atom is 0.417 e. The summed E-state index contributed by atoms with van der Waals surface area (Å²) in [6.07, 6.45) is -22.5. The largest absolute Gasteiger partial charge is 0.417 e. The van der Waals surface area contributed by atoms with Crippen LogP contribution in [0.4, 0.5) is 52.7 Å². The van der Waals surface area contributed by atoms with E-state index in [9.17, 15) is 39.5 Å². The van der Waals surface area contributed by atoms with Crippen LogP contribution in [0.1, 0.15) is 45.3 Å². The smallest absolute Gasteiger partial charge is 0.187 e. The van der Waals surface area contributed by atoms with Gasteiger partial charge in [-0.1, -0.05) is 48.5 Å². The first-order valence-corrected chi connectivity index (χ1v) is 14.6. The first-order valence-electron chi connectivity index (χ1n) is 14.6. The predicted octanol–water partition coefficient (Wildman–Crippen LogP) is 9.75. The van der Waals surface area contributed by atoms with Gasteiger partial charge in [-0.15, -0.1) is 0 Å². The van der Waals surface area contributed by atoms with Gasteiger partial charge in [0.2, 0.25) is 17.4 Å². The van der Waals surface area contributed by atoms with E-state index in [2.05, 4.69) is 0 Å². The molecule has 2 nitrogen and oxygen atoms in total. The highest BCUT2D eigenvalue weighted by atomic mass is 19.4. The molecular formula is C35H18F12N2+2. The first kappa shape index (κ1) is 31.4. The Balaban J connectivity index is 1.58. The Bertz CT molecular complexity index is 2200. The second kappa shape index (κ2) is 9.63. The number of halogens is 12. The van der Waals surface area contributed by atoms with E-state index in [0.717, 1.165) is 16.7 Å². The molecule has 4 heterocycles. The highest BCUT2D eigenvalue weighted by Crippen LogP contribution is 2.73. The van der Waals surface area contributed by atoms with Gasteiger partial charge in [-0.05, 0) is 29.3 Å². The van der Waals surface area contributed by atoms with Gasteiger partial charge in [0.1, 0.15) is 5.92 Å².